The number of hydrogen-bond acceptors (Lipinski definition) is 3. The van der Waals surface area contributed by atoms with E-state index in [-0.39, 0.29) is 35.1 Å². The summed E-state index contributed by atoms with van der Waals surface area (Å²) in [5, 5.41) is 1.11. The van der Waals surface area contributed by atoms with Gasteiger partial charge in [0.05, 0.1) is 15.5 Å². The fourth-order valence-electron chi connectivity index (χ4n) is 7.25. The maximum atomic E-state index is 13.6. The van der Waals surface area contributed by atoms with Crippen molar-refractivity contribution in [2.24, 2.45) is 0 Å². The lowest BCUT2D eigenvalue weighted by Crippen LogP contribution is -2.51. The molecule has 3 aromatic rings. The zero-order chi connectivity index (χ0) is 30.5. The van der Waals surface area contributed by atoms with E-state index in [0.29, 0.717) is 16.6 Å². The molecule has 0 spiro atoms. The second kappa shape index (κ2) is 16.3. The Morgan fingerprint density at radius 2 is 1.44 bits per heavy atom. The van der Waals surface area contributed by atoms with Gasteiger partial charge in [0.25, 0.3) is 5.91 Å². The zero-order valence-electron chi connectivity index (χ0n) is 26.3. The molecule has 2 saturated heterocycles. The first-order valence-corrected chi connectivity index (χ1v) is 16.3. The molecule has 0 saturated carbocycles. The Labute approximate surface area is 284 Å². The highest BCUT2D eigenvalue weighted by atomic mass is 35.5. The molecule has 244 valence electrons. The smallest absolute Gasteiger partial charge is 0.253 e. The molecule has 2 aliphatic heterocycles. The lowest BCUT2D eigenvalue weighted by atomic mass is 9.71. The van der Waals surface area contributed by atoms with Crippen LogP contribution in [-0.4, -0.2) is 78.8 Å². The fraction of sp³-hybridized carbons (Fsp3) is 0.444. The SMILES string of the molecule is CN(C)C(=O)C1(c2ccccc2)CCN(CCCC2(c3ccc(Cl)c(Cl)c3)CCCCN(C(=O)c3ccccc3)C2)CC1.Cl.O. The Bertz CT molecular complexity index is 1400. The molecule has 0 radical (unpaired) electrons. The second-order valence-corrected chi connectivity index (χ2v) is 13.4. The quantitative estimate of drug-likeness (QED) is 0.257. The highest BCUT2D eigenvalue weighted by molar-refractivity contribution is 6.42. The van der Waals surface area contributed by atoms with Crippen LogP contribution in [0.15, 0.2) is 78.9 Å². The van der Waals surface area contributed by atoms with Crippen molar-refractivity contribution in [2.75, 3.05) is 46.8 Å². The number of carbonyl (C=O) groups excluding carboxylic acids is 2. The van der Waals surface area contributed by atoms with Crippen LogP contribution in [0, 0.1) is 0 Å². The van der Waals surface area contributed by atoms with Gasteiger partial charge in [-0.05, 0) is 93.6 Å². The van der Waals surface area contributed by atoms with Gasteiger partial charge in [-0.1, -0.05) is 84.2 Å². The third-order valence-electron chi connectivity index (χ3n) is 9.65. The van der Waals surface area contributed by atoms with E-state index < -0.39 is 5.41 Å². The van der Waals surface area contributed by atoms with Gasteiger partial charge in [-0.25, -0.2) is 0 Å². The standard InChI is InChI=1S/C36H43Cl2N3O2.ClH.H2O/c1-39(2)34(43)36(29-14-7-4-8-15-29)20-24-40(25-21-36)22-11-19-35(30-16-17-31(37)32(38)26-30)18-9-10-23-41(27-35)33(42)28-12-5-3-6-13-28;;/h3-8,12-17,26H,9-11,18-25,27H2,1-2H3;1H;1H2. The van der Waals surface area contributed by atoms with Crippen LogP contribution in [-0.2, 0) is 15.6 Å². The van der Waals surface area contributed by atoms with E-state index in [0.717, 1.165) is 87.8 Å². The minimum Gasteiger partial charge on any atom is -0.412 e. The molecule has 5 rings (SSSR count). The van der Waals surface area contributed by atoms with Crippen molar-refractivity contribution in [1.82, 2.24) is 14.7 Å². The van der Waals surface area contributed by atoms with Crippen LogP contribution in [0.1, 0.15) is 66.4 Å². The second-order valence-electron chi connectivity index (χ2n) is 12.6. The van der Waals surface area contributed by atoms with Crippen LogP contribution in [0.3, 0.4) is 0 Å². The van der Waals surface area contributed by atoms with E-state index in [2.05, 4.69) is 23.1 Å². The monoisotopic (exact) mass is 673 g/mol. The molecule has 2 N–H and O–H groups in total. The van der Waals surface area contributed by atoms with E-state index in [1.165, 1.54) is 0 Å². The highest BCUT2D eigenvalue weighted by Crippen LogP contribution is 2.41. The molecule has 1 unspecified atom stereocenters. The van der Waals surface area contributed by atoms with E-state index >= 15 is 0 Å². The summed E-state index contributed by atoms with van der Waals surface area (Å²) < 4.78 is 0. The van der Waals surface area contributed by atoms with Crippen molar-refractivity contribution in [3.63, 3.8) is 0 Å². The van der Waals surface area contributed by atoms with Gasteiger partial charge in [0.15, 0.2) is 0 Å². The number of amides is 2. The number of piperidine rings is 1. The molecule has 9 heteroatoms. The van der Waals surface area contributed by atoms with Gasteiger partial charge in [-0.2, -0.15) is 0 Å². The number of halogens is 3. The summed E-state index contributed by atoms with van der Waals surface area (Å²) in [6, 6.07) is 25.9. The molecule has 0 aromatic heterocycles. The van der Waals surface area contributed by atoms with Gasteiger partial charge < -0.3 is 20.2 Å². The molecule has 2 heterocycles. The van der Waals surface area contributed by atoms with E-state index in [4.69, 9.17) is 23.2 Å². The lowest BCUT2D eigenvalue weighted by molar-refractivity contribution is -0.136. The molecule has 1 atom stereocenters. The van der Waals surface area contributed by atoms with Gasteiger partial charge in [-0.3, -0.25) is 9.59 Å². The molecular weight excluding hydrogens is 629 g/mol. The molecular formula is C36H46Cl3N3O3. The first kappa shape index (κ1) is 36.9. The minimum atomic E-state index is -0.470. The van der Waals surface area contributed by atoms with Crippen molar-refractivity contribution >= 4 is 47.4 Å². The molecule has 2 amide bonds. The summed E-state index contributed by atoms with van der Waals surface area (Å²) in [5.74, 6) is 0.282. The molecule has 3 aromatic carbocycles. The Morgan fingerprint density at radius 1 is 0.800 bits per heavy atom. The predicted octanol–water partition coefficient (Wildman–Crippen LogP) is 7.06. The van der Waals surface area contributed by atoms with Gasteiger partial charge >= 0.3 is 0 Å². The number of nitrogens with zero attached hydrogens (tertiary/aromatic N) is 3. The minimum absolute atomic E-state index is 0. The van der Waals surface area contributed by atoms with E-state index in [9.17, 15) is 9.59 Å². The molecule has 0 bridgehead atoms. The molecule has 2 aliphatic rings. The zero-order valence-corrected chi connectivity index (χ0v) is 28.6. The highest BCUT2D eigenvalue weighted by Gasteiger charge is 2.44. The first-order chi connectivity index (χ1) is 20.7. The average molecular weight is 675 g/mol. The topological polar surface area (TPSA) is 75.4 Å². The van der Waals surface area contributed by atoms with Crippen LogP contribution < -0.4 is 0 Å². The molecule has 2 fully saturated rings. The number of benzene rings is 3. The summed E-state index contributed by atoms with van der Waals surface area (Å²) in [7, 11) is 3.72. The summed E-state index contributed by atoms with van der Waals surface area (Å²) in [5.41, 5.74) is 2.33. The van der Waals surface area contributed by atoms with E-state index in [1.807, 2.05) is 79.7 Å². The Hall–Kier alpha value is -2.61. The number of likely N-dealkylation sites (N-methyl/N-ethyl adjacent to an activating group) is 1. The van der Waals surface area contributed by atoms with Gasteiger partial charge in [0.1, 0.15) is 0 Å². The Balaban J connectivity index is 0.00000276. The number of hydrogen-bond donors (Lipinski definition) is 0. The predicted molar refractivity (Wildman–Crippen MR) is 187 cm³/mol. The normalized spacial score (nSPS) is 19.9. The van der Waals surface area contributed by atoms with Crippen LogP contribution in [0.2, 0.25) is 10.0 Å². The van der Waals surface area contributed by atoms with Crippen molar-refractivity contribution in [2.45, 2.75) is 55.8 Å². The Kier molecular flexibility index (Phi) is 13.3. The summed E-state index contributed by atoms with van der Waals surface area (Å²) in [6.07, 6.45) is 6.59. The summed E-state index contributed by atoms with van der Waals surface area (Å²) >= 11 is 12.9. The van der Waals surface area contributed by atoms with E-state index in [1.54, 1.807) is 4.90 Å². The number of rotatable bonds is 8. The van der Waals surface area contributed by atoms with Crippen molar-refractivity contribution in [3.05, 3.63) is 106 Å². The van der Waals surface area contributed by atoms with Gasteiger partial charge in [-0.15, -0.1) is 12.4 Å². The summed E-state index contributed by atoms with van der Waals surface area (Å²) in [4.78, 5) is 33.4. The van der Waals surface area contributed by atoms with Crippen LogP contribution >= 0.6 is 35.6 Å². The number of likely N-dealkylation sites (tertiary alicyclic amines) is 2. The lowest BCUT2D eigenvalue weighted by Gasteiger charge is -2.43. The van der Waals surface area contributed by atoms with Crippen LogP contribution in [0.5, 0.6) is 0 Å². The van der Waals surface area contributed by atoms with Crippen molar-refractivity contribution in [1.29, 1.82) is 0 Å². The molecule has 45 heavy (non-hydrogen) atoms. The average Bonchev–Trinajstić information content (AvgIpc) is 3.26. The van der Waals surface area contributed by atoms with Crippen LogP contribution in [0.25, 0.3) is 0 Å². The molecule has 6 nitrogen and oxygen atoms in total. The molecule has 0 aliphatic carbocycles. The third kappa shape index (κ3) is 8.22. The third-order valence-corrected chi connectivity index (χ3v) is 10.4. The van der Waals surface area contributed by atoms with Crippen molar-refractivity contribution in [3.8, 4) is 0 Å². The summed E-state index contributed by atoms with van der Waals surface area (Å²) in [6.45, 7) is 4.13. The van der Waals surface area contributed by atoms with Crippen molar-refractivity contribution < 1.29 is 15.1 Å². The van der Waals surface area contributed by atoms with Gasteiger partial charge in [0, 0.05) is 38.2 Å². The number of carbonyl (C=O) groups is 2. The maximum absolute atomic E-state index is 13.6. The van der Waals surface area contributed by atoms with Crippen LogP contribution in [0.4, 0.5) is 0 Å². The first-order valence-electron chi connectivity index (χ1n) is 15.5. The largest absolute Gasteiger partial charge is 0.412 e. The maximum Gasteiger partial charge on any atom is 0.253 e. The van der Waals surface area contributed by atoms with Gasteiger partial charge in [0.2, 0.25) is 5.91 Å². The Morgan fingerprint density at radius 3 is 2.07 bits per heavy atom. The fourth-order valence-corrected chi connectivity index (χ4v) is 7.54.